The van der Waals surface area contributed by atoms with Crippen molar-refractivity contribution < 1.29 is 8.42 Å². The predicted molar refractivity (Wildman–Crippen MR) is 62.3 cm³/mol. The summed E-state index contributed by atoms with van der Waals surface area (Å²) in [5.41, 5.74) is 0. The summed E-state index contributed by atoms with van der Waals surface area (Å²) >= 11 is 7.08. The van der Waals surface area contributed by atoms with Crippen molar-refractivity contribution in [1.82, 2.24) is 4.72 Å². The molecule has 1 aliphatic carbocycles. The maximum Gasteiger partial charge on any atom is 0.225 e. The molecule has 6 heteroatoms. The van der Waals surface area contributed by atoms with Gasteiger partial charge >= 0.3 is 0 Å². The fourth-order valence-electron chi connectivity index (χ4n) is 1.78. The van der Waals surface area contributed by atoms with Crippen LogP contribution in [0, 0.1) is 0 Å². The number of halogens is 1. The second-order valence-corrected chi connectivity index (χ2v) is 6.92. The van der Waals surface area contributed by atoms with Crippen LogP contribution >= 0.6 is 23.4 Å². The van der Waals surface area contributed by atoms with E-state index in [2.05, 4.69) is 4.72 Å². The topological polar surface area (TPSA) is 46.2 Å². The lowest BCUT2D eigenvalue weighted by Crippen LogP contribution is -2.43. The smallest absolute Gasteiger partial charge is 0.211 e. The first-order chi connectivity index (χ1) is 6.59. The van der Waals surface area contributed by atoms with E-state index in [0.29, 0.717) is 5.25 Å². The van der Waals surface area contributed by atoms with Gasteiger partial charge in [0, 0.05) is 11.3 Å². The number of alkyl halides is 1. The summed E-state index contributed by atoms with van der Waals surface area (Å²) in [5, 5.41) is 0.0617. The lowest BCUT2D eigenvalue weighted by molar-refractivity contribution is 0.424. The summed E-state index contributed by atoms with van der Waals surface area (Å²) in [4.78, 5) is 0. The molecular weight excluding hydrogens is 242 g/mol. The minimum absolute atomic E-state index is 0.0718. The normalized spacial score (nSPS) is 29.0. The van der Waals surface area contributed by atoms with Crippen LogP contribution in [-0.2, 0) is 10.0 Å². The molecule has 84 valence electrons. The zero-order chi connectivity index (χ0) is 10.6. The highest BCUT2D eigenvalue weighted by atomic mass is 35.5. The first-order valence-electron chi connectivity index (χ1n) is 4.68. The maximum atomic E-state index is 11.3. The van der Waals surface area contributed by atoms with Gasteiger partial charge in [-0.2, -0.15) is 11.8 Å². The molecule has 0 saturated heterocycles. The first-order valence-corrected chi connectivity index (χ1v) is 8.15. The van der Waals surface area contributed by atoms with Gasteiger partial charge in [0.15, 0.2) is 0 Å². The fourth-order valence-corrected chi connectivity index (χ4v) is 3.79. The number of rotatable bonds is 4. The van der Waals surface area contributed by atoms with Crippen molar-refractivity contribution in [1.29, 1.82) is 0 Å². The van der Waals surface area contributed by atoms with E-state index in [9.17, 15) is 8.42 Å². The van der Waals surface area contributed by atoms with Crippen molar-refractivity contribution in [2.45, 2.75) is 37.0 Å². The van der Waals surface area contributed by atoms with Crippen LogP contribution in [0.3, 0.4) is 0 Å². The molecule has 2 atom stereocenters. The molecule has 0 aliphatic heterocycles. The van der Waals surface area contributed by atoms with E-state index in [4.69, 9.17) is 11.6 Å². The molecule has 1 aliphatic rings. The van der Waals surface area contributed by atoms with Crippen LogP contribution in [0.25, 0.3) is 0 Å². The quantitative estimate of drug-likeness (QED) is 0.781. The molecule has 0 radical (unpaired) electrons. The molecule has 1 rings (SSSR count). The number of sulfonamides is 1. The molecule has 1 fully saturated rings. The Morgan fingerprint density at radius 2 is 2.07 bits per heavy atom. The van der Waals surface area contributed by atoms with Crippen LogP contribution < -0.4 is 4.72 Å². The Hall–Kier alpha value is 0.550. The third-order valence-electron chi connectivity index (χ3n) is 2.48. The zero-order valence-corrected chi connectivity index (χ0v) is 10.6. The zero-order valence-electron chi connectivity index (χ0n) is 8.20. The molecule has 0 spiro atoms. The van der Waals surface area contributed by atoms with Gasteiger partial charge in [-0.05, 0) is 19.1 Å². The third-order valence-corrected chi connectivity index (χ3v) is 5.46. The van der Waals surface area contributed by atoms with Gasteiger partial charge in [0.25, 0.3) is 0 Å². The Morgan fingerprint density at radius 1 is 1.43 bits per heavy atom. The van der Waals surface area contributed by atoms with E-state index < -0.39 is 10.0 Å². The Bertz CT molecular complexity index is 269. The lowest BCUT2D eigenvalue weighted by atomic mass is 9.96. The Balaban J connectivity index is 2.57. The standard InChI is InChI=1S/C8H16ClNO2S2/c1-13-8-5-3-2-4-7(8)10-14(11,12)6-9/h7-8,10H,2-6H2,1H3. The molecule has 1 saturated carbocycles. The van der Waals surface area contributed by atoms with Gasteiger partial charge in [0.1, 0.15) is 5.21 Å². The third kappa shape index (κ3) is 3.61. The maximum absolute atomic E-state index is 11.3. The number of hydrogen-bond donors (Lipinski definition) is 1. The molecule has 14 heavy (non-hydrogen) atoms. The van der Waals surface area contributed by atoms with Crippen molar-refractivity contribution in [2.75, 3.05) is 11.5 Å². The molecule has 0 amide bonds. The van der Waals surface area contributed by atoms with Gasteiger partial charge in [-0.15, -0.1) is 11.6 Å². The van der Waals surface area contributed by atoms with Gasteiger partial charge in [-0.3, -0.25) is 0 Å². The SMILES string of the molecule is CSC1CCCCC1NS(=O)(=O)CCl. The summed E-state index contributed by atoms with van der Waals surface area (Å²) in [6, 6.07) is 0.0718. The van der Waals surface area contributed by atoms with Crippen LogP contribution in [0.4, 0.5) is 0 Å². The van der Waals surface area contributed by atoms with E-state index >= 15 is 0 Å². The molecular formula is C8H16ClNO2S2. The lowest BCUT2D eigenvalue weighted by Gasteiger charge is -2.30. The van der Waals surface area contributed by atoms with Crippen LogP contribution in [0.1, 0.15) is 25.7 Å². The van der Waals surface area contributed by atoms with E-state index in [1.165, 1.54) is 6.42 Å². The number of thioether (sulfide) groups is 1. The highest BCUT2D eigenvalue weighted by Gasteiger charge is 2.27. The van der Waals surface area contributed by atoms with Crippen molar-refractivity contribution in [3.05, 3.63) is 0 Å². The highest BCUT2D eigenvalue weighted by Crippen LogP contribution is 2.27. The summed E-state index contributed by atoms with van der Waals surface area (Å²) < 4.78 is 25.2. The second kappa shape index (κ2) is 5.58. The molecule has 0 aromatic heterocycles. The van der Waals surface area contributed by atoms with E-state index in [-0.39, 0.29) is 11.3 Å². The van der Waals surface area contributed by atoms with Crippen LogP contribution in [0.15, 0.2) is 0 Å². The Kier molecular flexibility index (Phi) is 5.03. The number of hydrogen-bond acceptors (Lipinski definition) is 3. The molecule has 0 heterocycles. The van der Waals surface area contributed by atoms with Crippen molar-refractivity contribution >= 4 is 33.4 Å². The van der Waals surface area contributed by atoms with Crippen LogP contribution in [0.5, 0.6) is 0 Å². The monoisotopic (exact) mass is 257 g/mol. The molecule has 1 N–H and O–H groups in total. The summed E-state index contributed by atoms with van der Waals surface area (Å²) in [7, 11) is -3.26. The largest absolute Gasteiger partial charge is 0.225 e. The van der Waals surface area contributed by atoms with Crippen molar-refractivity contribution in [3.63, 3.8) is 0 Å². The summed E-state index contributed by atoms with van der Waals surface area (Å²) in [6.45, 7) is 0. The fraction of sp³-hybridized carbons (Fsp3) is 1.00. The minimum Gasteiger partial charge on any atom is -0.211 e. The average molecular weight is 258 g/mol. The second-order valence-electron chi connectivity index (χ2n) is 3.51. The Labute approximate surface area is 95.0 Å². The molecule has 0 bridgehead atoms. The first kappa shape index (κ1) is 12.6. The summed E-state index contributed by atoms with van der Waals surface area (Å²) in [5.74, 6) is 0. The highest BCUT2D eigenvalue weighted by molar-refractivity contribution is 7.99. The average Bonchev–Trinajstić information content (AvgIpc) is 2.18. The minimum atomic E-state index is -3.26. The molecule has 0 aromatic rings. The van der Waals surface area contributed by atoms with E-state index in [1.54, 1.807) is 11.8 Å². The van der Waals surface area contributed by atoms with Gasteiger partial charge in [-0.1, -0.05) is 12.8 Å². The van der Waals surface area contributed by atoms with Gasteiger partial charge in [0.05, 0.1) is 0 Å². The predicted octanol–water partition coefficient (Wildman–Crippen LogP) is 1.78. The molecule has 0 aromatic carbocycles. The number of nitrogens with one attached hydrogen (secondary N) is 1. The van der Waals surface area contributed by atoms with Crippen molar-refractivity contribution in [2.24, 2.45) is 0 Å². The van der Waals surface area contributed by atoms with Gasteiger partial charge in [0.2, 0.25) is 10.0 Å². The Morgan fingerprint density at radius 3 is 2.64 bits per heavy atom. The molecule has 2 unspecified atom stereocenters. The van der Waals surface area contributed by atoms with E-state index in [1.807, 2.05) is 6.26 Å². The van der Waals surface area contributed by atoms with E-state index in [0.717, 1.165) is 19.3 Å². The molecule has 3 nitrogen and oxygen atoms in total. The van der Waals surface area contributed by atoms with Gasteiger partial charge < -0.3 is 0 Å². The van der Waals surface area contributed by atoms with Crippen LogP contribution in [0.2, 0.25) is 0 Å². The van der Waals surface area contributed by atoms with Crippen molar-refractivity contribution in [3.8, 4) is 0 Å². The summed E-state index contributed by atoms with van der Waals surface area (Å²) in [6.07, 6.45) is 6.35. The van der Waals surface area contributed by atoms with Crippen LogP contribution in [-0.4, -0.2) is 31.2 Å². The van der Waals surface area contributed by atoms with Gasteiger partial charge in [-0.25, -0.2) is 13.1 Å².